The van der Waals surface area contributed by atoms with Crippen LogP contribution in [0.3, 0.4) is 0 Å². The van der Waals surface area contributed by atoms with Crippen LogP contribution in [0.4, 0.5) is 5.69 Å². The highest BCUT2D eigenvalue weighted by Gasteiger charge is 2.24. The van der Waals surface area contributed by atoms with Crippen LogP contribution in [0.2, 0.25) is 0 Å². The zero-order valence-electron chi connectivity index (χ0n) is 11.3. The Labute approximate surface area is 124 Å². The van der Waals surface area contributed by atoms with Gasteiger partial charge in [0.2, 0.25) is 0 Å². The van der Waals surface area contributed by atoms with E-state index in [0.717, 1.165) is 5.39 Å². The van der Waals surface area contributed by atoms with E-state index >= 15 is 0 Å². The van der Waals surface area contributed by atoms with Crippen molar-refractivity contribution in [2.24, 2.45) is 0 Å². The second-order valence-corrected chi connectivity index (χ2v) is 5.00. The summed E-state index contributed by atoms with van der Waals surface area (Å²) in [4.78, 5) is 23.5. The quantitative estimate of drug-likeness (QED) is 0.323. The van der Waals surface area contributed by atoms with Gasteiger partial charge >= 0.3 is 5.69 Å². The molecule has 6 heteroatoms. The molecule has 4 rings (SSSR count). The second kappa shape index (κ2) is 4.36. The summed E-state index contributed by atoms with van der Waals surface area (Å²) in [5.41, 5.74) is 0.972. The number of rotatable bonds is 2. The average molecular weight is 292 g/mol. The molecule has 6 nitrogen and oxygen atoms in total. The molecule has 0 aliphatic heterocycles. The van der Waals surface area contributed by atoms with Gasteiger partial charge in [-0.15, -0.1) is 0 Å². The van der Waals surface area contributed by atoms with Crippen molar-refractivity contribution in [3.63, 3.8) is 0 Å². The lowest BCUT2D eigenvalue weighted by Crippen LogP contribution is -2.50. The van der Waals surface area contributed by atoms with E-state index in [1.165, 1.54) is 21.2 Å². The molecule has 0 bridgehead atoms. The van der Waals surface area contributed by atoms with Gasteiger partial charge in [0.25, 0.3) is 5.69 Å². The molecule has 0 aliphatic rings. The third kappa shape index (κ3) is 1.61. The lowest BCUT2D eigenvalue weighted by Gasteiger charge is -2.02. The summed E-state index contributed by atoms with van der Waals surface area (Å²) in [5, 5.41) is 12.5. The normalized spacial score (nSPS) is 11.3. The molecule has 2 aromatic heterocycles. The number of nitrogens with zero attached hydrogens (tertiary/aromatic N) is 3. The second-order valence-electron chi connectivity index (χ2n) is 5.00. The fraction of sp³-hybridized carbons (Fsp3) is 0. The molecule has 2 aromatic carbocycles. The highest BCUT2D eigenvalue weighted by molar-refractivity contribution is 6.00. The number of nitro benzene ring substituents is 1. The topological polar surface area (TPSA) is 68.5 Å². The standard InChI is InChI=1S/C16H10N3O3/c20-16-17-9-8-11-6-7-14(19(21)22)13(15(11)17)10-18(16)12-4-2-1-3-5-12/h1-10H/q+1. The number of nitro groups is 1. The maximum absolute atomic E-state index is 12.6. The van der Waals surface area contributed by atoms with E-state index in [2.05, 4.69) is 0 Å². The summed E-state index contributed by atoms with van der Waals surface area (Å²) in [6.45, 7) is 0. The lowest BCUT2D eigenvalue weighted by molar-refractivity contribution is -0.614. The van der Waals surface area contributed by atoms with Gasteiger partial charge in [-0.25, -0.2) is 0 Å². The third-order valence-corrected chi connectivity index (χ3v) is 3.77. The molecule has 0 N–H and O–H groups in total. The van der Waals surface area contributed by atoms with Crippen LogP contribution in [0.1, 0.15) is 0 Å². The molecule has 0 atom stereocenters. The number of benzene rings is 2. The minimum absolute atomic E-state index is 0.0131. The first-order chi connectivity index (χ1) is 10.7. The van der Waals surface area contributed by atoms with Crippen LogP contribution in [-0.2, 0) is 0 Å². The molecular weight excluding hydrogens is 282 g/mol. The highest BCUT2D eigenvalue weighted by Crippen LogP contribution is 2.28. The van der Waals surface area contributed by atoms with Crippen molar-refractivity contribution >= 4 is 22.0 Å². The molecule has 0 amide bonds. The molecular formula is C16H10N3O3+. The predicted molar refractivity (Wildman–Crippen MR) is 80.5 cm³/mol. The summed E-state index contributed by atoms with van der Waals surface area (Å²) in [7, 11) is 0. The Balaban J connectivity index is 2.21. The van der Waals surface area contributed by atoms with Crippen LogP contribution in [0, 0.1) is 10.1 Å². The molecule has 0 fully saturated rings. The summed E-state index contributed by atoms with van der Waals surface area (Å²) >= 11 is 0. The Morgan fingerprint density at radius 2 is 1.82 bits per heavy atom. The number of hydrogen-bond donors (Lipinski definition) is 0. The minimum atomic E-state index is -0.429. The molecule has 4 aromatic rings. The Morgan fingerprint density at radius 1 is 1.05 bits per heavy atom. The van der Waals surface area contributed by atoms with Crippen molar-refractivity contribution in [1.29, 1.82) is 0 Å². The van der Waals surface area contributed by atoms with E-state index in [1.54, 1.807) is 30.5 Å². The average Bonchev–Trinajstić information content (AvgIpc) is 2.97. The zero-order valence-corrected chi connectivity index (χ0v) is 11.3. The van der Waals surface area contributed by atoms with Crippen molar-refractivity contribution in [3.05, 3.63) is 81.5 Å². The van der Waals surface area contributed by atoms with Gasteiger partial charge in [-0.2, -0.15) is 13.8 Å². The third-order valence-electron chi connectivity index (χ3n) is 3.77. The van der Waals surface area contributed by atoms with Crippen LogP contribution in [0.15, 0.2) is 65.7 Å². The summed E-state index contributed by atoms with van der Waals surface area (Å²) in [5.74, 6) is 0. The van der Waals surface area contributed by atoms with E-state index in [4.69, 9.17) is 0 Å². The molecule has 0 radical (unpaired) electrons. The van der Waals surface area contributed by atoms with E-state index in [1.807, 2.05) is 18.2 Å². The number of non-ortho nitro benzene ring substituents is 1. The Kier molecular flexibility index (Phi) is 2.47. The number of para-hydroxylation sites is 1. The molecule has 0 saturated heterocycles. The van der Waals surface area contributed by atoms with E-state index in [9.17, 15) is 14.9 Å². The van der Waals surface area contributed by atoms with Gasteiger partial charge in [-0.05, 0) is 24.3 Å². The zero-order chi connectivity index (χ0) is 15.3. The lowest BCUT2D eigenvalue weighted by atomic mass is 10.1. The van der Waals surface area contributed by atoms with Crippen molar-refractivity contribution in [2.45, 2.75) is 0 Å². The number of hydrogen-bond acceptors (Lipinski definition) is 3. The first-order valence-corrected chi connectivity index (χ1v) is 6.69. The minimum Gasteiger partial charge on any atom is -0.258 e. The first kappa shape index (κ1) is 12.5. The van der Waals surface area contributed by atoms with Crippen LogP contribution in [-0.4, -0.2) is 9.32 Å². The highest BCUT2D eigenvalue weighted by atomic mass is 16.6. The maximum atomic E-state index is 12.6. The smallest absolute Gasteiger partial charge is 0.258 e. The molecule has 0 unspecified atom stereocenters. The van der Waals surface area contributed by atoms with E-state index in [-0.39, 0.29) is 11.4 Å². The molecule has 0 saturated carbocycles. The van der Waals surface area contributed by atoms with Gasteiger partial charge in [0.15, 0.2) is 5.52 Å². The Morgan fingerprint density at radius 3 is 2.55 bits per heavy atom. The monoisotopic (exact) mass is 292 g/mol. The van der Waals surface area contributed by atoms with Gasteiger partial charge in [-0.3, -0.25) is 10.1 Å². The van der Waals surface area contributed by atoms with Crippen molar-refractivity contribution in [3.8, 4) is 5.69 Å². The van der Waals surface area contributed by atoms with Crippen LogP contribution in [0.5, 0.6) is 0 Å². The van der Waals surface area contributed by atoms with Gasteiger partial charge < -0.3 is 0 Å². The Bertz CT molecular complexity index is 1070. The molecule has 0 spiro atoms. The van der Waals surface area contributed by atoms with Crippen molar-refractivity contribution in [1.82, 2.24) is 4.40 Å². The number of aromatic nitrogens is 2. The SMILES string of the molecule is O=c1n2ccc3ccc([N+](=O)[O-])c(c[n+]1-c1ccccc1)c32. The van der Waals surface area contributed by atoms with Gasteiger partial charge in [0.1, 0.15) is 23.5 Å². The largest absolute Gasteiger partial charge is 0.508 e. The van der Waals surface area contributed by atoms with Crippen LogP contribution < -0.4 is 10.3 Å². The predicted octanol–water partition coefficient (Wildman–Crippen LogP) is 2.08. The van der Waals surface area contributed by atoms with Gasteiger partial charge in [0.05, 0.1) is 4.92 Å². The molecule has 0 aliphatic carbocycles. The molecule has 22 heavy (non-hydrogen) atoms. The van der Waals surface area contributed by atoms with Crippen molar-refractivity contribution < 1.29 is 9.49 Å². The fourth-order valence-electron chi connectivity index (χ4n) is 2.77. The van der Waals surface area contributed by atoms with Crippen molar-refractivity contribution in [2.75, 3.05) is 0 Å². The molecule has 106 valence electrons. The molecule has 2 heterocycles. The fourth-order valence-corrected chi connectivity index (χ4v) is 2.77. The Hall–Kier alpha value is -3.28. The van der Waals surface area contributed by atoms with Gasteiger partial charge in [-0.1, -0.05) is 18.2 Å². The van der Waals surface area contributed by atoms with Gasteiger partial charge in [0, 0.05) is 11.5 Å². The summed E-state index contributed by atoms with van der Waals surface area (Å²) in [6.07, 6.45) is 3.18. The summed E-state index contributed by atoms with van der Waals surface area (Å²) < 4.78 is 2.87. The first-order valence-electron chi connectivity index (χ1n) is 6.69. The van der Waals surface area contributed by atoms with E-state index < -0.39 is 4.92 Å². The van der Waals surface area contributed by atoms with E-state index in [0.29, 0.717) is 16.6 Å². The maximum Gasteiger partial charge on any atom is 0.508 e. The van der Waals surface area contributed by atoms with Crippen LogP contribution in [0.25, 0.3) is 22.0 Å². The summed E-state index contributed by atoms with van der Waals surface area (Å²) in [6, 6.07) is 14.0. The van der Waals surface area contributed by atoms with Crippen LogP contribution >= 0.6 is 0 Å².